The molecule has 0 unspecified atom stereocenters. The molecule has 0 aliphatic heterocycles. The number of nitrogens with zero attached hydrogens (tertiary/aromatic N) is 2. The lowest BCUT2D eigenvalue weighted by molar-refractivity contribution is 0.0319. The van der Waals surface area contributed by atoms with Crippen molar-refractivity contribution in [3.63, 3.8) is 0 Å². The number of halogens is 1. The van der Waals surface area contributed by atoms with Crippen LogP contribution < -0.4 is 0 Å². The van der Waals surface area contributed by atoms with Gasteiger partial charge in [-0.25, -0.2) is 4.39 Å². The van der Waals surface area contributed by atoms with Gasteiger partial charge < -0.3 is 0 Å². The number of aryl methyl sites for hydroxylation is 3. The van der Waals surface area contributed by atoms with Gasteiger partial charge in [-0.15, -0.1) is 0 Å². The molecule has 3 aliphatic rings. The zero-order chi connectivity index (χ0) is 24.9. The summed E-state index contributed by atoms with van der Waals surface area (Å²) < 4.78 is 14.8. The molecule has 2 nitrogen and oxygen atoms in total. The first-order chi connectivity index (χ1) is 17.0. The van der Waals surface area contributed by atoms with Gasteiger partial charge in [-0.1, -0.05) is 57.4 Å². The number of unbranched alkanes of at least 4 members (excludes halogenated alkanes) is 2. The quantitative estimate of drug-likeness (QED) is 0.327. The first-order valence-corrected chi connectivity index (χ1v) is 13.7. The van der Waals surface area contributed by atoms with Crippen LogP contribution in [0.5, 0.6) is 0 Å². The van der Waals surface area contributed by atoms with Gasteiger partial charge in [-0.05, 0) is 110 Å². The number of hydrogen-bond acceptors (Lipinski definition) is 2. The maximum Gasteiger partial charge on any atom is 0.126 e. The van der Waals surface area contributed by atoms with Crippen LogP contribution >= 0.6 is 0 Å². The molecule has 0 heterocycles. The van der Waals surface area contributed by atoms with Crippen molar-refractivity contribution in [1.29, 1.82) is 10.5 Å². The van der Waals surface area contributed by atoms with Crippen molar-refractivity contribution in [1.82, 2.24) is 0 Å². The summed E-state index contributed by atoms with van der Waals surface area (Å²) in [4.78, 5) is 0. The largest absolute Gasteiger partial charge is 0.207 e. The Morgan fingerprint density at radius 2 is 1.43 bits per heavy atom. The van der Waals surface area contributed by atoms with Gasteiger partial charge in [-0.2, -0.15) is 10.5 Å². The molecule has 2 aromatic carbocycles. The van der Waals surface area contributed by atoms with Crippen LogP contribution in [0.25, 0.3) is 0 Å². The molecular weight excluding hydrogens is 431 g/mol. The zero-order valence-electron chi connectivity index (χ0n) is 21.6. The molecule has 0 aromatic heterocycles. The van der Waals surface area contributed by atoms with Crippen LogP contribution in [0, 0.1) is 33.9 Å². The van der Waals surface area contributed by atoms with E-state index in [0.717, 1.165) is 55.2 Å². The van der Waals surface area contributed by atoms with Crippen molar-refractivity contribution in [3.05, 3.63) is 69.5 Å². The summed E-state index contributed by atoms with van der Waals surface area (Å²) in [6, 6.07) is 14.5. The normalized spacial score (nSPS) is 23.1. The fourth-order valence-electron chi connectivity index (χ4n) is 6.91. The summed E-state index contributed by atoms with van der Waals surface area (Å²) in [5.41, 5.74) is 5.32. The number of nitriles is 2. The third-order valence-corrected chi connectivity index (χ3v) is 9.12. The third-order valence-electron chi connectivity index (χ3n) is 9.12. The Balaban J connectivity index is 1.52. The highest BCUT2D eigenvalue weighted by Gasteiger charge is 2.49. The highest BCUT2D eigenvalue weighted by atomic mass is 19.1. The molecule has 184 valence electrons. The SMILES string of the molecule is CCCCCc1ccc(CCc2ccc(C34CCC(CCC)(CC3)CC4)c(C#N)c2C#N)c(F)c1. The molecule has 0 N–H and O–H groups in total. The van der Waals surface area contributed by atoms with Crippen molar-refractivity contribution >= 4 is 0 Å². The van der Waals surface area contributed by atoms with Crippen LogP contribution in [0.3, 0.4) is 0 Å². The van der Waals surface area contributed by atoms with E-state index in [1.165, 1.54) is 38.5 Å². The van der Waals surface area contributed by atoms with Gasteiger partial charge in [0.25, 0.3) is 0 Å². The average molecular weight is 471 g/mol. The van der Waals surface area contributed by atoms with Gasteiger partial charge in [0.1, 0.15) is 18.0 Å². The minimum atomic E-state index is -0.159. The second kappa shape index (κ2) is 11.0. The van der Waals surface area contributed by atoms with Gasteiger partial charge in [-0.3, -0.25) is 0 Å². The molecule has 3 aliphatic carbocycles. The Morgan fingerprint density at radius 1 is 0.771 bits per heavy atom. The molecule has 3 heteroatoms. The van der Waals surface area contributed by atoms with Crippen molar-refractivity contribution in [3.8, 4) is 12.1 Å². The molecule has 0 atom stereocenters. The molecular formula is C32H39FN2. The van der Waals surface area contributed by atoms with Crippen LogP contribution in [0.15, 0.2) is 30.3 Å². The van der Waals surface area contributed by atoms with E-state index in [2.05, 4.69) is 32.1 Å². The molecule has 3 fully saturated rings. The first kappa shape index (κ1) is 25.4. The molecule has 35 heavy (non-hydrogen) atoms. The van der Waals surface area contributed by atoms with E-state index < -0.39 is 0 Å². The fraction of sp³-hybridized carbons (Fsp3) is 0.562. The number of hydrogen-bond donors (Lipinski definition) is 0. The van der Waals surface area contributed by atoms with Gasteiger partial charge in [0.05, 0.1) is 11.1 Å². The Bertz CT molecular complexity index is 1110. The predicted octanol–water partition coefficient (Wildman–Crippen LogP) is 8.48. The first-order valence-electron chi connectivity index (χ1n) is 13.7. The standard InChI is InChI=1S/C32H39FN2/c1-3-5-6-7-24-8-9-26(30(33)21-24)11-10-25-12-13-29(28(23-35)27(25)22-34)32-18-15-31(14-4-2,16-19-32)17-20-32/h8-9,12-13,21H,3-7,10-11,14-20H2,1-2H3. The van der Waals surface area contributed by atoms with Crippen LogP contribution in [0.2, 0.25) is 0 Å². The smallest absolute Gasteiger partial charge is 0.126 e. The molecule has 0 saturated heterocycles. The fourth-order valence-corrected chi connectivity index (χ4v) is 6.91. The van der Waals surface area contributed by atoms with Crippen molar-refractivity contribution in [2.45, 2.75) is 109 Å². The Kier molecular flexibility index (Phi) is 7.96. The molecule has 0 radical (unpaired) electrons. The number of benzene rings is 2. The molecule has 0 amide bonds. The summed E-state index contributed by atoms with van der Waals surface area (Å²) in [6.45, 7) is 4.45. The highest BCUT2D eigenvalue weighted by Crippen LogP contribution is 2.60. The lowest BCUT2D eigenvalue weighted by Crippen LogP contribution is -2.44. The van der Waals surface area contributed by atoms with Gasteiger partial charge in [0, 0.05) is 0 Å². The van der Waals surface area contributed by atoms with Crippen LogP contribution in [0.4, 0.5) is 4.39 Å². The molecule has 3 saturated carbocycles. The second-order valence-electron chi connectivity index (χ2n) is 11.2. The summed E-state index contributed by atoms with van der Waals surface area (Å²) >= 11 is 0. The Morgan fingerprint density at radius 3 is 2.03 bits per heavy atom. The highest BCUT2D eigenvalue weighted by molar-refractivity contribution is 5.57. The van der Waals surface area contributed by atoms with Crippen LogP contribution in [-0.4, -0.2) is 0 Å². The zero-order valence-corrected chi connectivity index (χ0v) is 21.6. The van der Waals surface area contributed by atoms with E-state index in [1.807, 2.05) is 18.2 Å². The minimum absolute atomic E-state index is 0.0460. The summed E-state index contributed by atoms with van der Waals surface area (Å²) in [5.74, 6) is -0.159. The summed E-state index contributed by atoms with van der Waals surface area (Å²) in [6.07, 6.45) is 15.1. The topological polar surface area (TPSA) is 47.6 Å². The molecule has 0 spiro atoms. The number of fused-ring (bicyclic) bond motifs is 3. The second-order valence-corrected chi connectivity index (χ2v) is 11.2. The molecule has 5 rings (SSSR count). The molecule has 2 bridgehead atoms. The van der Waals surface area contributed by atoms with Gasteiger partial charge in [0.2, 0.25) is 0 Å². The van der Waals surface area contributed by atoms with Gasteiger partial charge in [0.15, 0.2) is 0 Å². The van der Waals surface area contributed by atoms with E-state index >= 15 is 0 Å². The lowest BCUT2D eigenvalue weighted by Gasteiger charge is -2.54. The minimum Gasteiger partial charge on any atom is -0.207 e. The predicted molar refractivity (Wildman–Crippen MR) is 140 cm³/mol. The van der Waals surface area contributed by atoms with Crippen LogP contribution in [0.1, 0.15) is 118 Å². The summed E-state index contributed by atoms with van der Waals surface area (Å²) in [5, 5.41) is 20.2. The van der Waals surface area contributed by atoms with E-state index in [0.29, 0.717) is 34.9 Å². The Hall–Kier alpha value is -2.65. The maximum absolute atomic E-state index is 14.8. The van der Waals surface area contributed by atoms with Gasteiger partial charge >= 0.3 is 0 Å². The van der Waals surface area contributed by atoms with Crippen molar-refractivity contribution in [2.24, 2.45) is 5.41 Å². The van der Waals surface area contributed by atoms with Crippen molar-refractivity contribution < 1.29 is 4.39 Å². The average Bonchev–Trinajstić information content (AvgIpc) is 2.89. The van der Waals surface area contributed by atoms with Crippen molar-refractivity contribution in [2.75, 3.05) is 0 Å². The molecule has 2 aromatic rings. The lowest BCUT2D eigenvalue weighted by atomic mass is 9.50. The van der Waals surface area contributed by atoms with Crippen LogP contribution in [-0.2, 0) is 24.7 Å². The summed E-state index contributed by atoms with van der Waals surface area (Å²) in [7, 11) is 0. The monoisotopic (exact) mass is 470 g/mol. The third kappa shape index (κ3) is 5.16. The van der Waals surface area contributed by atoms with E-state index in [1.54, 1.807) is 6.07 Å². The Labute approximate surface area is 211 Å². The number of rotatable bonds is 10. The van der Waals surface area contributed by atoms with E-state index in [4.69, 9.17) is 0 Å². The van der Waals surface area contributed by atoms with E-state index in [-0.39, 0.29) is 11.2 Å². The van der Waals surface area contributed by atoms with E-state index in [9.17, 15) is 14.9 Å². The maximum atomic E-state index is 14.8.